The lowest BCUT2D eigenvalue weighted by Gasteiger charge is -2.08. The van der Waals surface area contributed by atoms with Crippen LogP contribution >= 0.6 is 0 Å². The first kappa shape index (κ1) is 12.6. The number of rotatable bonds is 4. The van der Waals surface area contributed by atoms with E-state index < -0.39 is 0 Å². The van der Waals surface area contributed by atoms with Crippen LogP contribution in [0.5, 0.6) is 5.75 Å². The first-order chi connectivity index (χ1) is 9.85. The molecule has 0 radical (unpaired) electrons. The van der Waals surface area contributed by atoms with Gasteiger partial charge in [-0.05, 0) is 35.4 Å². The second kappa shape index (κ2) is 5.72. The number of benzene rings is 2. The van der Waals surface area contributed by atoms with Crippen molar-refractivity contribution in [2.24, 2.45) is 5.73 Å². The molecule has 3 rings (SSSR count). The summed E-state index contributed by atoms with van der Waals surface area (Å²) in [4.78, 5) is 4.38. The number of hydrogen-bond donors (Lipinski definition) is 1. The Hall–Kier alpha value is -2.39. The molecule has 0 aliphatic rings. The molecule has 2 N–H and O–H groups in total. The van der Waals surface area contributed by atoms with Gasteiger partial charge in [0.15, 0.2) is 0 Å². The van der Waals surface area contributed by atoms with Crippen LogP contribution in [0.25, 0.3) is 10.9 Å². The Kier molecular flexibility index (Phi) is 3.61. The largest absolute Gasteiger partial charge is 0.489 e. The molecule has 1 aromatic heterocycles. The molecular formula is C17H16N2O. The predicted molar refractivity (Wildman–Crippen MR) is 80.4 cm³/mol. The van der Waals surface area contributed by atoms with E-state index in [0.29, 0.717) is 13.2 Å². The summed E-state index contributed by atoms with van der Waals surface area (Å²) in [6, 6.07) is 18.1. The maximum absolute atomic E-state index is 5.81. The monoisotopic (exact) mass is 264 g/mol. The molecular weight excluding hydrogens is 248 g/mol. The Bertz CT molecular complexity index is 711. The van der Waals surface area contributed by atoms with Gasteiger partial charge in [-0.2, -0.15) is 0 Å². The maximum Gasteiger partial charge on any atom is 0.120 e. The Balaban J connectivity index is 1.81. The first-order valence-electron chi connectivity index (χ1n) is 6.60. The highest BCUT2D eigenvalue weighted by atomic mass is 16.5. The molecule has 2 aromatic carbocycles. The van der Waals surface area contributed by atoms with Gasteiger partial charge in [0, 0.05) is 18.1 Å². The number of nitrogens with zero attached hydrogens (tertiary/aromatic N) is 1. The van der Waals surface area contributed by atoms with Crippen molar-refractivity contribution in [2.75, 3.05) is 0 Å². The van der Waals surface area contributed by atoms with Crippen molar-refractivity contribution in [2.45, 2.75) is 13.2 Å². The van der Waals surface area contributed by atoms with E-state index in [0.717, 1.165) is 27.8 Å². The maximum atomic E-state index is 5.81. The molecule has 0 fully saturated rings. The van der Waals surface area contributed by atoms with E-state index in [4.69, 9.17) is 10.5 Å². The van der Waals surface area contributed by atoms with Gasteiger partial charge in [-0.15, -0.1) is 0 Å². The van der Waals surface area contributed by atoms with Crippen molar-refractivity contribution in [3.63, 3.8) is 0 Å². The van der Waals surface area contributed by atoms with Crippen LogP contribution in [0.2, 0.25) is 0 Å². The van der Waals surface area contributed by atoms with E-state index in [1.807, 2.05) is 42.6 Å². The Labute approximate surface area is 118 Å². The van der Waals surface area contributed by atoms with E-state index >= 15 is 0 Å². The molecule has 3 heteroatoms. The van der Waals surface area contributed by atoms with Crippen molar-refractivity contribution in [1.82, 2.24) is 4.98 Å². The number of nitrogens with two attached hydrogens (primary N) is 1. The van der Waals surface area contributed by atoms with Crippen LogP contribution in [0.15, 0.2) is 60.8 Å². The standard InChI is InChI=1S/C17H16N2O/c18-10-14-8-15-9-16(6-7-17(15)19-11-14)20-12-13-4-2-1-3-5-13/h1-9,11H,10,12,18H2. The van der Waals surface area contributed by atoms with Crippen LogP contribution in [0, 0.1) is 0 Å². The molecule has 3 aromatic rings. The fourth-order valence-corrected chi connectivity index (χ4v) is 2.10. The van der Waals surface area contributed by atoms with Crippen molar-refractivity contribution in [3.8, 4) is 5.75 Å². The number of fused-ring (bicyclic) bond motifs is 1. The highest BCUT2D eigenvalue weighted by Crippen LogP contribution is 2.21. The molecule has 1 heterocycles. The summed E-state index contributed by atoms with van der Waals surface area (Å²) >= 11 is 0. The average molecular weight is 264 g/mol. The van der Waals surface area contributed by atoms with E-state index in [1.54, 1.807) is 0 Å². The van der Waals surface area contributed by atoms with Crippen molar-refractivity contribution in [3.05, 3.63) is 71.9 Å². The lowest BCUT2D eigenvalue weighted by Crippen LogP contribution is -1.97. The third-order valence-corrected chi connectivity index (χ3v) is 3.19. The summed E-state index contributed by atoms with van der Waals surface area (Å²) in [7, 11) is 0. The number of aromatic nitrogens is 1. The van der Waals surface area contributed by atoms with Gasteiger partial charge < -0.3 is 10.5 Å². The van der Waals surface area contributed by atoms with Crippen LogP contribution in [0.4, 0.5) is 0 Å². The van der Waals surface area contributed by atoms with Gasteiger partial charge >= 0.3 is 0 Å². The van der Waals surface area contributed by atoms with Gasteiger partial charge in [0.1, 0.15) is 12.4 Å². The van der Waals surface area contributed by atoms with E-state index in [9.17, 15) is 0 Å². The molecule has 0 saturated heterocycles. The van der Waals surface area contributed by atoms with Crippen LogP contribution in [-0.4, -0.2) is 4.98 Å². The third-order valence-electron chi connectivity index (χ3n) is 3.19. The normalized spacial score (nSPS) is 10.7. The highest BCUT2D eigenvalue weighted by molar-refractivity contribution is 5.80. The van der Waals surface area contributed by atoms with E-state index in [-0.39, 0.29) is 0 Å². The minimum atomic E-state index is 0.498. The fourth-order valence-electron chi connectivity index (χ4n) is 2.10. The highest BCUT2D eigenvalue weighted by Gasteiger charge is 2.01. The second-order valence-electron chi connectivity index (χ2n) is 4.68. The molecule has 0 unspecified atom stereocenters. The molecule has 3 nitrogen and oxygen atoms in total. The molecule has 0 saturated carbocycles. The lowest BCUT2D eigenvalue weighted by atomic mass is 10.1. The van der Waals surface area contributed by atoms with Crippen molar-refractivity contribution < 1.29 is 4.74 Å². The summed E-state index contributed by atoms with van der Waals surface area (Å²) in [5, 5.41) is 1.05. The average Bonchev–Trinajstić information content (AvgIpc) is 2.53. The van der Waals surface area contributed by atoms with Gasteiger partial charge in [0.25, 0.3) is 0 Å². The second-order valence-corrected chi connectivity index (χ2v) is 4.68. The quantitative estimate of drug-likeness (QED) is 0.786. The lowest BCUT2D eigenvalue weighted by molar-refractivity contribution is 0.306. The number of hydrogen-bond acceptors (Lipinski definition) is 3. The van der Waals surface area contributed by atoms with Crippen LogP contribution in [0.1, 0.15) is 11.1 Å². The summed E-state index contributed by atoms with van der Waals surface area (Å²) in [6.45, 7) is 1.06. The first-order valence-corrected chi connectivity index (χ1v) is 6.60. The Morgan fingerprint density at radius 2 is 1.80 bits per heavy atom. The SMILES string of the molecule is NCc1cnc2ccc(OCc3ccccc3)cc2c1. The zero-order chi connectivity index (χ0) is 13.8. The van der Waals surface area contributed by atoms with Gasteiger partial charge in [0.05, 0.1) is 5.52 Å². The van der Waals surface area contributed by atoms with E-state index in [2.05, 4.69) is 23.2 Å². The van der Waals surface area contributed by atoms with Crippen molar-refractivity contribution in [1.29, 1.82) is 0 Å². The molecule has 0 spiro atoms. The Morgan fingerprint density at radius 3 is 2.60 bits per heavy atom. The molecule has 0 bridgehead atoms. The van der Waals surface area contributed by atoms with Crippen molar-refractivity contribution >= 4 is 10.9 Å². The topological polar surface area (TPSA) is 48.1 Å². The minimum absolute atomic E-state index is 0.498. The minimum Gasteiger partial charge on any atom is -0.489 e. The summed E-state index contributed by atoms with van der Waals surface area (Å²) in [5.74, 6) is 0.845. The molecule has 0 atom stereocenters. The smallest absolute Gasteiger partial charge is 0.120 e. The molecule has 20 heavy (non-hydrogen) atoms. The van der Waals surface area contributed by atoms with Gasteiger partial charge in [-0.1, -0.05) is 30.3 Å². The Morgan fingerprint density at radius 1 is 0.950 bits per heavy atom. The number of ether oxygens (including phenoxy) is 1. The summed E-state index contributed by atoms with van der Waals surface area (Å²) in [5.41, 5.74) is 8.78. The summed E-state index contributed by atoms with van der Waals surface area (Å²) < 4.78 is 5.81. The van der Waals surface area contributed by atoms with Crippen LogP contribution in [0.3, 0.4) is 0 Å². The molecule has 0 aliphatic heterocycles. The zero-order valence-electron chi connectivity index (χ0n) is 11.1. The van der Waals surface area contributed by atoms with E-state index in [1.165, 1.54) is 0 Å². The van der Waals surface area contributed by atoms with Gasteiger partial charge in [0.2, 0.25) is 0 Å². The summed E-state index contributed by atoms with van der Waals surface area (Å²) in [6.07, 6.45) is 1.81. The van der Waals surface area contributed by atoms with Gasteiger partial charge in [-0.25, -0.2) is 0 Å². The molecule has 0 amide bonds. The number of pyridine rings is 1. The zero-order valence-corrected chi connectivity index (χ0v) is 11.1. The molecule has 100 valence electrons. The van der Waals surface area contributed by atoms with Gasteiger partial charge in [-0.3, -0.25) is 4.98 Å². The fraction of sp³-hybridized carbons (Fsp3) is 0.118. The van der Waals surface area contributed by atoms with Crippen LogP contribution in [-0.2, 0) is 13.2 Å². The van der Waals surface area contributed by atoms with Crippen LogP contribution < -0.4 is 10.5 Å². The third kappa shape index (κ3) is 2.78. The predicted octanol–water partition coefficient (Wildman–Crippen LogP) is 3.27. The molecule has 0 aliphatic carbocycles.